The molecule has 1 aliphatic carbocycles. The molecule has 0 bridgehead atoms. The van der Waals surface area contributed by atoms with E-state index in [2.05, 4.69) is 5.32 Å². The molecule has 0 aromatic heterocycles. The first kappa shape index (κ1) is 14.3. The lowest BCUT2D eigenvalue weighted by molar-refractivity contribution is 0.0980. The van der Waals surface area contributed by atoms with Gasteiger partial charge in [-0.15, -0.1) is 0 Å². The maximum absolute atomic E-state index is 12.8. The fraction of sp³-hybridized carbons (Fsp3) is 0.176. The van der Waals surface area contributed by atoms with Gasteiger partial charge in [-0.2, -0.15) is 0 Å². The van der Waals surface area contributed by atoms with E-state index in [1.165, 1.54) is 0 Å². The van der Waals surface area contributed by atoms with E-state index in [-0.39, 0.29) is 11.6 Å². The molecule has 112 valence electrons. The maximum atomic E-state index is 12.8. The van der Waals surface area contributed by atoms with Gasteiger partial charge in [-0.05, 0) is 18.6 Å². The van der Waals surface area contributed by atoms with E-state index in [1.54, 1.807) is 30.3 Å². The Kier molecular flexibility index (Phi) is 3.42. The van der Waals surface area contributed by atoms with Crippen molar-refractivity contribution in [2.24, 2.45) is 5.73 Å². The van der Waals surface area contributed by atoms with Gasteiger partial charge in [0.1, 0.15) is 0 Å². The Morgan fingerprint density at radius 3 is 2.23 bits per heavy atom. The highest BCUT2D eigenvalue weighted by Gasteiger charge is 2.33. The molecule has 1 aliphatic rings. The zero-order chi connectivity index (χ0) is 15.9. The Bertz CT molecular complexity index is 797. The molecular weight excluding hydrogens is 278 g/mol. The van der Waals surface area contributed by atoms with E-state index >= 15 is 0 Å². The van der Waals surface area contributed by atoms with Crippen molar-refractivity contribution in [1.29, 1.82) is 0 Å². The van der Waals surface area contributed by atoms with E-state index in [0.29, 0.717) is 46.7 Å². The van der Waals surface area contributed by atoms with E-state index in [4.69, 9.17) is 11.5 Å². The second-order valence-corrected chi connectivity index (χ2v) is 5.32. The normalized spacial score (nSPS) is 12.8. The minimum absolute atomic E-state index is 0.184. The first-order valence-corrected chi connectivity index (χ1v) is 7.11. The molecule has 0 amide bonds. The van der Waals surface area contributed by atoms with Crippen LogP contribution < -0.4 is 16.8 Å². The summed E-state index contributed by atoms with van der Waals surface area (Å²) in [5.74, 6) is -0.390. The molecule has 0 aliphatic heterocycles. The van der Waals surface area contributed by atoms with Gasteiger partial charge in [-0.3, -0.25) is 9.59 Å². The lowest BCUT2D eigenvalue weighted by atomic mass is 9.81. The number of carbonyl (C=O) groups excluding carboxylic acids is 2. The van der Waals surface area contributed by atoms with Crippen molar-refractivity contribution in [3.63, 3.8) is 0 Å². The number of rotatable bonds is 3. The first-order valence-electron chi connectivity index (χ1n) is 7.11. The molecular formula is C17H17N3O2. The lowest BCUT2D eigenvalue weighted by Crippen LogP contribution is -2.25. The van der Waals surface area contributed by atoms with Crippen LogP contribution in [0.15, 0.2) is 30.3 Å². The molecule has 0 saturated heterocycles. The molecule has 5 heteroatoms. The minimum atomic E-state index is -0.206. The lowest BCUT2D eigenvalue weighted by Gasteiger charge is -2.23. The smallest absolute Gasteiger partial charge is 0.196 e. The van der Waals surface area contributed by atoms with Crippen LogP contribution in [0, 0.1) is 6.92 Å². The average Bonchev–Trinajstić information content (AvgIpc) is 2.53. The van der Waals surface area contributed by atoms with Gasteiger partial charge < -0.3 is 16.8 Å². The number of nitrogen functional groups attached to an aromatic ring is 1. The van der Waals surface area contributed by atoms with Gasteiger partial charge in [0.05, 0.1) is 11.1 Å². The van der Waals surface area contributed by atoms with Gasteiger partial charge in [0.25, 0.3) is 0 Å². The molecule has 0 fully saturated rings. The third-order valence-corrected chi connectivity index (χ3v) is 3.90. The summed E-state index contributed by atoms with van der Waals surface area (Å²) in [5.41, 5.74) is 14.8. The quantitative estimate of drug-likeness (QED) is 0.639. The third kappa shape index (κ3) is 1.98. The van der Waals surface area contributed by atoms with E-state index in [9.17, 15) is 9.59 Å². The highest BCUT2D eigenvalue weighted by atomic mass is 16.1. The van der Waals surface area contributed by atoms with Gasteiger partial charge in [-0.25, -0.2) is 0 Å². The Hall–Kier alpha value is -2.66. The van der Waals surface area contributed by atoms with Crippen LogP contribution in [0.4, 0.5) is 11.4 Å². The predicted octanol–water partition coefficient (Wildman–Crippen LogP) is 1.72. The number of hydrogen-bond donors (Lipinski definition) is 3. The van der Waals surface area contributed by atoms with Crippen LogP contribution >= 0.6 is 0 Å². The molecule has 5 N–H and O–H groups in total. The number of aryl methyl sites for hydroxylation is 1. The van der Waals surface area contributed by atoms with E-state index < -0.39 is 0 Å². The fourth-order valence-electron chi connectivity index (χ4n) is 2.80. The van der Waals surface area contributed by atoms with Crippen LogP contribution in [0.3, 0.4) is 0 Å². The molecule has 0 heterocycles. The van der Waals surface area contributed by atoms with Gasteiger partial charge in [0.2, 0.25) is 0 Å². The number of carbonyl (C=O) groups is 2. The number of benzene rings is 2. The monoisotopic (exact) mass is 295 g/mol. The zero-order valence-electron chi connectivity index (χ0n) is 12.3. The Labute approximate surface area is 128 Å². The Morgan fingerprint density at radius 2 is 1.64 bits per heavy atom. The van der Waals surface area contributed by atoms with Gasteiger partial charge in [0.15, 0.2) is 11.6 Å². The van der Waals surface area contributed by atoms with Crippen molar-refractivity contribution in [2.75, 3.05) is 24.1 Å². The second kappa shape index (κ2) is 5.27. The summed E-state index contributed by atoms with van der Waals surface area (Å²) in [5, 5.41) is 3.12. The first-order chi connectivity index (χ1) is 10.6. The summed E-state index contributed by atoms with van der Waals surface area (Å²) in [7, 11) is 0. The summed E-state index contributed by atoms with van der Waals surface area (Å²) >= 11 is 0. The van der Waals surface area contributed by atoms with Gasteiger partial charge >= 0.3 is 0 Å². The van der Waals surface area contributed by atoms with Crippen LogP contribution in [-0.4, -0.2) is 24.7 Å². The van der Waals surface area contributed by atoms with Crippen LogP contribution in [0.2, 0.25) is 0 Å². The zero-order valence-corrected chi connectivity index (χ0v) is 12.3. The van der Waals surface area contributed by atoms with Crippen molar-refractivity contribution in [1.82, 2.24) is 0 Å². The average molecular weight is 295 g/mol. The largest absolute Gasteiger partial charge is 0.398 e. The summed E-state index contributed by atoms with van der Waals surface area (Å²) in [4.78, 5) is 25.6. The molecule has 0 atom stereocenters. The molecule has 3 rings (SSSR count). The number of hydrogen-bond acceptors (Lipinski definition) is 5. The molecule has 22 heavy (non-hydrogen) atoms. The van der Waals surface area contributed by atoms with Crippen LogP contribution in [0.1, 0.15) is 37.4 Å². The summed E-state index contributed by atoms with van der Waals surface area (Å²) in [6.45, 7) is 2.76. The molecule has 2 aromatic carbocycles. The van der Waals surface area contributed by atoms with Crippen LogP contribution in [0.25, 0.3) is 0 Å². The van der Waals surface area contributed by atoms with Crippen molar-refractivity contribution in [2.45, 2.75) is 6.92 Å². The number of nitrogens with two attached hydrogens (primary N) is 2. The maximum Gasteiger partial charge on any atom is 0.196 e. The molecule has 0 radical (unpaired) electrons. The number of ketones is 2. The van der Waals surface area contributed by atoms with Crippen LogP contribution in [-0.2, 0) is 0 Å². The topological polar surface area (TPSA) is 98.2 Å². The van der Waals surface area contributed by atoms with Crippen molar-refractivity contribution in [3.05, 3.63) is 58.1 Å². The van der Waals surface area contributed by atoms with Crippen LogP contribution in [0.5, 0.6) is 0 Å². The van der Waals surface area contributed by atoms with Crippen molar-refractivity contribution >= 4 is 22.9 Å². The Morgan fingerprint density at radius 1 is 1.05 bits per heavy atom. The molecule has 0 spiro atoms. The van der Waals surface area contributed by atoms with Gasteiger partial charge in [0, 0.05) is 35.6 Å². The van der Waals surface area contributed by atoms with Crippen molar-refractivity contribution in [3.8, 4) is 0 Å². The predicted molar refractivity (Wildman–Crippen MR) is 86.4 cm³/mol. The molecule has 2 aromatic rings. The highest BCUT2D eigenvalue weighted by Crippen LogP contribution is 2.37. The summed E-state index contributed by atoms with van der Waals surface area (Å²) < 4.78 is 0. The summed E-state index contributed by atoms with van der Waals surface area (Å²) in [6.07, 6.45) is 0. The SMILES string of the molecule is Cc1cc(NCCN)c2c(c1N)C(=O)c1ccccc1C2=O. The fourth-order valence-corrected chi connectivity index (χ4v) is 2.80. The molecule has 0 saturated carbocycles. The Balaban J connectivity index is 2.29. The van der Waals surface area contributed by atoms with E-state index in [0.717, 1.165) is 5.56 Å². The number of nitrogens with one attached hydrogen (secondary N) is 1. The molecule has 5 nitrogen and oxygen atoms in total. The number of fused-ring (bicyclic) bond motifs is 2. The third-order valence-electron chi connectivity index (χ3n) is 3.90. The molecule has 0 unspecified atom stereocenters. The minimum Gasteiger partial charge on any atom is -0.398 e. The highest BCUT2D eigenvalue weighted by molar-refractivity contribution is 6.32. The number of anilines is 2. The van der Waals surface area contributed by atoms with Crippen molar-refractivity contribution < 1.29 is 9.59 Å². The second-order valence-electron chi connectivity index (χ2n) is 5.32. The van der Waals surface area contributed by atoms with E-state index in [1.807, 2.05) is 6.92 Å². The standard InChI is InChI=1S/C17H17N3O2/c1-9-8-12(20-7-6-18)13-14(15(9)19)17(22)11-5-3-2-4-10(11)16(13)21/h2-5,8,20H,6-7,18-19H2,1H3. The summed E-state index contributed by atoms with van der Waals surface area (Å²) in [6, 6.07) is 8.62. The van der Waals surface area contributed by atoms with Gasteiger partial charge in [-0.1, -0.05) is 24.3 Å².